The van der Waals surface area contributed by atoms with Crippen LogP contribution in [-0.4, -0.2) is 19.9 Å². The zero-order valence-corrected chi connectivity index (χ0v) is 12.0. The SMILES string of the molecule is COc1c(Br)cc(C2(CN)CC2)cc1SC. The highest BCUT2D eigenvalue weighted by Gasteiger charge is 2.43. The van der Waals surface area contributed by atoms with Gasteiger partial charge in [0.1, 0.15) is 5.75 Å². The van der Waals surface area contributed by atoms with Gasteiger partial charge >= 0.3 is 0 Å². The lowest BCUT2D eigenvalue weighted by Gasteiger charge is -2.17. The van der Waals surface area contributed by atoms with Crippen LogP contribution in [0.5, 0.6) is 5.75 Å². The molecule has 16 heavy (non-hydrogen) atoms. The predicted octanol–water partition coefficient (Wildman–Crippen LogP) is 3.17. The molecule has 2 N–H and O–H groups in total. The summed E-state index contributed by atoms with van der Waals surface area (Å²) in [6.45, 7) is 0.736. The van der Waals surface area contributed by atoms with E-state index in [4.69, 9.17) is 10.5 Å². The topological polar surface area (TPSA) is 35.2 Å². The van der Waals surface area contributed by atoms with Crippen LogP contribution in [0.1, 0.15) is 18.4 Å². The van der Waals surface area contributed by atoms with Gasteiger partial charge in [0, 0.05) is 12.0 Å². The Morgan fingerprint density at radius 1 is 1.50 bits per heavy atom. The number of methoxy groups -OCH3 is 1. The molecule has 1 saturated carbocycles. The van der Waals surface area contributed by atoms with Crippen LogP contribution in [0.4, 0.5) is 0 Å². The zero-order chi connectivity index (χ0) is 11.8. The fraction of sp³-hybridized carbons (Fsp3) is 0.500. The zero-order valence-electron chi connectivity index (χ0n) is 9.55. The number of ether oxygens (including phenoxy) is 1. The Balaban J connectivity index is 2.46. The van der Waals surface area contributed by atoms with Crippen molar-refractivity contribution in [3.8, 4) is 5.75 Å². The van der Waals surface area contributed by atoms with Crippen molar-refractivity contribution in [3.05, 3.63) is 22.2 Å². The molecule has 4 heteroatoms. The number of halogens is 1. The Labute approximate surface area is 109 Å². The molecule has 1 aromatic rings. The number of hydrogen-bond acceptors (Lipinski definition) is 3. The summed E-state index contributed by atoms with van der Waals surface area (Å²) in [5.74, 6) is 0.920. The molecule has 0 bridgehead atoms. The van der Waals surface area contributed by atoms with Crippen LogP contribution in [0.3, 0.4) is 0 Å². The minimum absolute atomic E-state index is 0.235. The van der Waals surface area contributed by atoms with Gasteiger partial charge in [-0.15, -0.1) is 11.8 Å². The second kappa shape index (κ2) is 4.59. The summed E-state index contributed by atoms with van der Waals surface area (Å²) in [5, 5.41) is 0. The molecule has 0 unspecified atom stereocenters. The molecule has 0 atom stereocenters. The molecule has 0 radical (unpaired) electrons. The molecule has 2 rings (SSSR count). The molecule has 0 aliphatic heterocycles. The predicted molar refractivity (Wildman–Crippen MR) is 72.4 cm³/mol. The first-order valence-corrected chi connectivity index (χ1v) is 7.31. The average molecular weight is 302 g/mol. The number of nitrogens with two attached hydrogens (primary N) is 1. The van der Waals surface area contributed by atoms with E-state index in [-0.39, 0.29) is 5.41 Å². The van der Waals surface area contributed by atoms with E-state index >= 15 is 0 Å². The van der Waals surface area contributed by atoms with E-state index in [1.54, 1.807) is 18.9 Å². The fourth-order valence-electron chi connectivity index (χ4n) is 1.99. The third-order valence-electron chi connectivity index (χ3n) is 3.29. The summed E-state index contributed by atoms with van der Waals surface area (Å²) in [6.07, 6.45) is 4.47. The van der Waals surface area contributed by atoms with Gasteiger partial charge in [0.25, 0.3) is 0 Å². The largest absolute Gasteiger partial charge is 0.494 e. The highest BCUT2D eigenvalue weighted by atomic mass is 79.9. The first kappa shape index (κ1) is 12.3. The van der Waals surface area contributed by atoms with Gasteiger partial charge < -0.3 is 10.5 Å². The maximum Gasteiger partial charge on any atom is 0.146 e. The van der Waals surface area contributed by atoms with E-state index in [9.17, 15) is 0 Å². The van der Waals surface area contributed by atoms with Crippen LogP contribution >= 0.6 is 27.7 Å². The van der Waals surface area contributed by atoms with Crippen molar-refractivity contribution < 1.29 is 4.74 Å². The van der Waals surface area contributed by atoms with Crippen LogP contribution in [0.25, 0.3) is 0 Å². The molecule has 0 spiro atoms. The Bertz CT molecular complexity index is 404. The third-order valence-corrected chi connectivity index (χ3v) is 4.62. The summed E-state index contributed by atoms with van der Waals surface area (Å²) >= 11 is 5.28. The maximum atomic E-state index is 5.86. The second-order valence-corrected chi connectivity index (χ2v) is 5.88. The standard InChI is InChI=1S/C12H16BrNOS/c1-15-11-9(13)5-8(6-10(11)16-2)12(7-14)3-4-12/h5-6H,3-4,7,14H2,1-2H3. The number of rotatable bonds is 4. The van der Waals surface area contributed by atoms with Crippen LogP contribution in [0.15, 0.2) is 21.5 Å². The number of hydrogen-bond donors (Lipinski definition) is 1. The molecular formula is C12H16BrNOS. The molecular weight excluding hydrogens is 286 g/mol. The van der Waals surface area contributed by atoms with Crippen molar-refractivity contribution in [2.24, 2.45) is 5.73 Å². The Kier molecular flexibility index (Phi) is 3.52. The third kappa shape index (κ3) is 1.98. The molecule has 1 aliphatic rings. The van der Waals surface area contributed by atoms with Crippen molar-refractivity contribution in [2.75, 3.05) is 19.9 Å². The van der Waals surface area contributed by atoms with Crippen molar-refractivity contribution >= 4 is 27.7 Å². The van der Waals surface area contributed by atoms with Gasteiger partial charge in [0.15, 0.2) is 0 Å². The van der Waals surface area contributed by atoms with Gasteiger partial charge in [-0.3, -0.25) is 0 Å². The maximum absolute atomic E-state index is 5.86. The van der Waals surface area contributed by atoms with E-state index in [1.807, 2.05) is 0 Å². The lowest BCUT2D eigenvalue weighted by Crippen LogP contribution is -2.19. The monoisotopic (exact) mass is 301 g/mol. The molecule has 0 aromatic heterocycles. The van der Waals surface area contributed by atoms with Gasteiger partial charge in [0.05, 0.1) is 16.5 Å². The van der Waals surface area contributed by atoms with Crippen molar-refractivity contribution in [1.29, 1.82) is 0 Å². The molecule has 88 valence electrons. The van der Waals surface area contributed by atoms with E-state index in [0.717, 1.165) is 16.8 Å². The van der Waals surface area contributed by atoms with Crippen molar-refractivity contribution in [1.82, 2.24) is 0 Å². The highest BCUT2D eigenvalue weighted by molar-refractivity contribution is 9.10. The van der Waals surface area contributed by atoms with E-state index in [2.05, 4.69) is 34.3 Å². The van der Waals surface area contributed by atoms with E-state index < -0.39 is 0 Å². The highest BCUT2D eigenvalue weighted by Crippen LogP contribution is 2.50. The lowest BCUT2D eigenvalue weighted by atomic mass is 9.96. The number of thioether (sulfide) groups is 1. The summed E-state index contributed by atoms with van der Waals surface area (Å²) < 4.78 is 6.41. The fourth-order valence-corrected chi connectivity index (χ4v) is 3.36. The number of benzene rings is 1. The summed E-state index contributed by atoms with van der Waals surface area (Å²) in [5.41, 5.74) is 7.43. The smallest absolute Gasteiger partial charge is 0.146 e. The van der Waals surface area contributed by atoms with E-state index in [1.165, 1.54) is 23.3 Å². The van der Waals surface area contributed by atoms with Gasteiger partial charge in [-0.2, -0.15) is 0 Å². The minimum Gasteiger partial charge on any atom is -0.494 e. The Morgan fingerprint density at radius 2 is 2.19 bits per heavy atom. The van der Waals surface area contributed by atoms with Crippen molar-refractivity contribution in [2.45, 2.75) is 23.2 Å². The van der Waals surface area contributed by atoms with Gasteiger partial charge in [-0.05, 0) is 52.7 Å². The van der Waals surface area contributed by atoms with Crippen molar-refractivity contribution in [3.63, 3.8) is 0 Å². The molecule has 1 aliphatic carbocycles. The molecule has 0 saturated heterocycles. The Hall–Kier alpha value is -0.190. The van der Waals surface area contributed by atoms with Crippen LogP contribution < -0.4 is 10.5 Å². The summed E-state index contributed by atoms with van der Waals surface area (Å²) in [4.78, 5) is 1.17. The van der Waals surface area contributed by atoms with Gasteiger partial charge in [-0.1, -0.05) is 0 Å². The van der Waals surface area contributed by atoms with Gasteiger partial charge in [0.2, 0.25) is 0 Å². The van der Waals surface area contributed by atoms with Gasteiger partial charge in [-0.25, -0.2) is 0 Å². The van der Waals surface area contributed by atoms with Crippen LogP contribution in [0.2, 0.25) is 0 Å². The lowest BCUT2D eigenvalue weighted by molar-refractivity contribution is 0.401. The Morgan fingerprint density at radius 3 is 2.62 bits per heavy atom. The summed E-state index contributed by atoms with van der Waals surface area (Å²) in [6, 6.07) is 4.37. The molecule has 0 amide bonds. The normalized spacial score (nSPS) is 17.2. The summed E-state index contributed by atoms with van der Waals surface area (Å²) in [7, 11) is 1.70. The quantitative estimate of drug-likeness (QED) is 0.868. The van der Waals surface area contributed by atoms with Crippen LogP contribution in [-0.2, 0) is 5.41 Å². The first-order chi connectivity index (χ1) is 7.66. The molecule has 2 nitrogen and oxygen atoms in total. The first-order valence-electron chi connectivity index (χ1n) is 5.29. The second-order valence-electron chi connectivity index (χ2n) is 4.18. The molecule has 0 heterocycles. The molecule has 1 aromatic carbocycles. The average Bonchev–Trinajstić information content (AvgIpc) is 3.08. The van der Waals surface area contributed by atoms with E-state index in [0.29, 0.717) is 0 Å². The van der Waals surface area contributed by atoms with Crippen LogP contribution in [0, 0.1) is 0 Å². The molecule has 1 fully saturated rings. The minimum atomic E-state index is 0.235.